The Morgan fingerprint density at radius 2 is 1.47 bits per heavy atom. The van der Waals surface area contributed by atoms with Gasteiger partial charge in [-0.25, -0.2) is 4.98 Å². The first-order valence-corrected chi connectivity index (χ1v) is 12.2. The summed E-state index contributed by atoms with van der Waals surface area (Å²) in [6.45, 7) is 0.713. The maximum absolute atomic E-state index is 13.6. The Balaban J connectivity index is 1.52. The summed E-state index contributed by atoms with van der Waals surface area (Å²) in [5.74, 6) is 0.308. The van der Waals surface area contributed by atoms with E-state index in [4.69, 9.17) is 4.98 Å². The smallest absolute Gasteiger partial charge is 0.293 e. The molecule has 0 saturated carbocycles. The van der Waals surface area contributed by atoms with Crippen LogP contribution in [0.5, 0.6) is 0 Å². The quantitative estimate of drug-likeness (QED) is 0.195. The third kappa shape index (κ3) is 4.16. The van der Waals surface area contributed by atoms with Crippen LogP contribution in [0, 0.1) is 10.1 Å². The Kier molecular flexibility index (Phi) is 5.86. The summed E-state index contributed by atoms with van der Waals surface area (Å²) in [4.78, 5) is 29.7. The van der Waals surface area contributed by atoms with E-state index >= 15 is 0 Å². The average Bonchev–Trinajstić information content (AvgIpc) is 3.29. The van der Waals surface area contributed by atoms with E-state index in [1.165, 1.54) is 16.2 Å². The van der Waals surface area contributed by atoms with Gasteiger partial charge in [-0.2, -0.15) is 0 Å². The average molecular weight is 499 g/mol. The predicted molar refractivity (Wildman–Crippen MR) is 150 cm³/mol. The van der Waals surface area contributed by atoms with Crippen LogP contribution in [0.3, 0.4) is 0 Å². The fourth-order valence-corrected chi connectivity index (χ4v) is 4.79. The number of para-hydroxylation sites is 4. The molecule has 0 amide bonds. The van der Waals surface area contributed by atoms with Crippen LogP contribution in [0.4, 0.5) is 5.69 Å². The van der Waals surface area contributed by atoms with Crippen molar-refractivity contribution in [3.63, 3.8) is 0 Å². The van der Waals surface area contributed by atoms with Crippen molar-refractivity contribution in [2.45, 2.75) is 6.54 Å². The summed E-state index contributed by atoms with van der Waals surface area (Å²) in [5, 5.41) is 13.3. The highest BCUT2D eigenvalue weighted by molar-refractivity contribution is 5.92. The first-order chi connectivity index (χ1) is 18.6. The fraction of sp³-hybridized carbons (Fsp3) is 0.0323. The molecule has 6 rings (SSSR count). The highest BCUT2D eigenvalue weighted by Gasteiger charge is 2.19. The minimum Gasteiger partial charge on any atom is -0.342 e. The van der Waals surface area contributed by atoms with E-state index in [0.29, 0.717) is 23.3 Å². The van der Waals surface area contributed by atoms with Crippen LogP contribution >= 0.6 is 0 Å². The van der Waals surface area contributed by atoms with Crippen LogP contribution in [-0.4, -0.2) is 19.0 Å². The molecule has 0 N–H and O–H groups in total. The molecule has 0 fully saturated rings. The van der Waals surface area contributed by atoms with Gasteiger partial charge in [0.2, 0.25) is 0 Å². The monoisotopic (exact) mass is 498 g/mol. The van der Waals surface area contributed by atoms with Crippen LogP contribution in [0.25, 0.3) is 39.6 Å². The van der Waals surface area contributed by atoms with Gasteiger partial charge in [0.15, 0.2) is 0 Å². The molecule has 0 aliphatic heterocycles. The van der Waals surface area contributed by atoms with Crippen molar-refractivity contribution >= 4 is 39.6 Å². The molecular formula is C31H22N4O3. The summed E-state index contributed by atoms with van der Waals surface area (Å²) in [6.07, 6.45) is 5.73. The molecule has 6 aromatic rings. The lowest BCUT2D eigenvalue weighted by Gasteiger charge is -2.11. The van der Waals surface area contributed by atoms with Crippen LogP contribution in [0.15, 0.2) is 114 Å². The molecular weight excluding hydrogens is 476 g/mol. The molecule has 7 nitrogen and oxygen atoms in total. The largest absolute Gasteiger partial charge is 0.342 e. The van der Waals surface area contributed by atoms with Gasteiger partial charge in [-0.1, -0.05) is 72.8 Å². The summed E-state index contributed by atoms with van der Waals surface area (Å²) in [6, 6.07) is 31.6. The van der Waals surface area contributed by atoms with Crippen molar-refractivity contribution in [2.24, 2.45) is 0 Å². The van der Waals surface area contributed by atoms with Crippen molar-refractivity contribution in [3.05, 3.63) is 147 Å². The molecule has 7 heteroatoms. The van der Waals surface area contributed by atoms with Crippen molar-refractivity contribution in [1.29, 1.82) is 0 Å². The second kappa shape index (κ2) is 9.63. The zero-order valence-electron chi connectivity index (χ0n) is 20.3. The Hall–Kier alpha value is -5.30. The number of nitro benzene ring substituents is 1. The van der Waals surface area contributed by atoms with Gasteiger partial charge in [-0.05, 0) is 42.0 Å². The van der Waals surface area contributed by atoms with Gasteiger partial charge < -0.3 is 4.57 Å². The number of fused-ring (bicyclic) bond motifs is 2. The summed E-state index contributed by atoms with van der Waals surface area (Å²) >= 11 is 0. The number of nitrogens with zero attached hydrogens (tertiary/aromatic N) is 4. The lowest BCUT2D eigenvalue weighted by molar-refractivity contribution is -0.384. The minimum atomic E-state index is -0.484. The molecule has 184 valence electrons. The zero-order valence-corrected chi connectivity index (χ0v) is 20.3. The predicted octanol–water partition coefficient (Wildman–Crippen LogP) is 6.47. The molecule has 2 aromatic heterocycles. The van der Waals surface area contributed by atoms with Crippen LogP contribution in [0.1, 0.15) is 17.0 Å². The van der Waals surface area contributed by atoms with Gasteiger partial charge in [-0.15, -0.1) is 0 Å². The second-order valence-electron chi connectivity index (χ2n) is 8.92. The van der Waals surface area contributed by atoms with Crippen molar-refractivity contribution in [3.8, 4) is 5.69 Å². The van der Waals surface area contributed by atoms with E-state index < -0.39 is 4.92 Å². The summed E-state index contributed by atoms with van der Waals surface area (Å²) < 4.78 is 3.51. The van der Waals surface area contributed by atoms with Crippen LogP contribution < -0.4 is 5.56 Å². The van der Waals surface area contributed by atoms with Gasteiger partial charge in [0.1, 0.15) is 11.5 Å². The molecule has 0 saturated heterocycles. The van der Waals surface area contributed by atoms with Gasteiger partial charge >= 0.3 is 0 Å². The van der Waals surface area contributed by atoms with Gasteiger partial charge in [-0.3, -0.25) is 19.5 Å². The SMILES string of the molecule is O=c1c2ccccc2nc(C=Cc2cn(Cc3ccccc3)c3ccccc23)n1-c1ccccc1[N+](=O)[O-]. The molecule has 0 bridgehead atoms. The van der Waals surface area contributed by atoms with E-state index in [0.717, 1.165) is 16.5 Å². The Morgan fingerprint density at radius 3 is 2.29 bits per heavy atom. The molecule has 0 atom stereocenters. The Bertz CT molecular complexity index is 1900. The van der Waals surface area contributed by atoms with Gasteiger partial charge in [0.25, 0.3) is 11.2 Å². The topological polar surface area (TPSA) is 83.0 Å². The summed E-state index contributed by atoms with van der Waals surface area (Å²) in [7, 11) is 0. The lowest BCUT2D eigenvalue weighted by atomic mass is 10.1. The van der Waals surface area contributed by atoms with E-state index in [1.54, 1.807) is 42.5 Å². The normalized spacial score (nSPS) is 11.5. The summed E-state index contributed by atoms with van der Waals surface area (Å²) in [5.41, 5.74) is 3.39. The molecule has 0 spiro atoms. The molecule has 2 heterocycles. The maximum atomic E-state index is 13.6. The number of hydrogen-bond acceptors (Lipinski definition) is 4. The Labute approximate surface area is 217 Å². The number of hydrogen-bond donors (Lipinski definition) is 0. The number of aromatic nitrogens is 3. The van der Waals surface area contributed by atoms with Crippen LogP contribution in [-0.2, 0) is 6.54 Å². The highest BCUT2D eigenvalue weighted by atomic mass is 16.6. The third-order valence-corrected chi connectivity index (χ3v) is 6.55. The number of nitro groups is 1. The number of benzene rings is 4. The van der Waals surface area contributed by atoms with Crippen LogP contribution in [0.2, 0.25) is 0 Å². The van der Waals surface area contributed by atoms with Crippen molar-refractivity contribution in [1.82, 2.24) is 14.1 Å². The minimum absolute atomic E-state index is 0.166. The van der Waals surface area contributed by atoms with Gasteiger partial charge in [0.05, 0.1) is 15.8 Å². The Morgan fingerprint density at radius 1 is 0.789 bits per heavy atom. The maximum Gasteiger partial charge on any atom is 0.293 e. The number of rotatable bonds is 6. The first-order valence-electron chi connectivity index (χ1n) is 12.2. The van der Waals surface area contributed by atoms with Crippen molar-refractivity contribution < 1.29 is 4.92 Å². The third-order valence-electron chi connectivity index (χ3n) is 6.55. The molecule has 0 aliphatic rings. The highest BCUT2D eigenvalue weighted by Crippen LogP contribution is 2.26. The molecule has 38 heavy (non-hydrogen) atoms. The standard InChI is InChI=1S/C31H22N4O3/c36-31-25-13-4-6-14-26(25)32-30(34(31)28-16-8-9-17-29(28)35(37)38)19-18-23-21-33(20-22-10-2-1-3-11-22)27-15-7-5-12-24(23)27/h1-19,21H,20H2. The van der Waals surface area contributed by atoms with Gasteiger partial charge in [0, 0.05) is 35.3 Å². The first kappa shape index (κ1) is 23.1. The molecule has 0 unspecified atom stereocenters. The van der Waals surface area contributed by atoms with E-state index in [-0.39, 0.29) is 16.9 Å². The van der Waals surface area contributed by atoms with E-state index in [2.05, 4.69) is 35.0 Å². The zero-order chi connectivity index (χ0) is 26.1. The van der Waals surface area contributed by atoms with Crippen molar-refractivity contribution in [2.75, 3.05) is 0 Å². The second-order valence-corrected chi connectivity index (χ2v) is 8.92. The van der Waals surface area contributed by atoms with E-state index in [9.17, 15) is 14.9 Å². The molecule has 0 radical (unpaired) electrons. The lowest BCUT2D eigenvalue weighted by Crippen LogP contribution is -2.23. The molecule has 4 aromatic carbocycles. The fourth-order valence-electron chi connectivity index (χ4n) is 4.79. The molecule has 0 aliphatic carbocycles. The van der Waals surface area contributed by atoms with E-state index in [1.807, 2.05) is 42.5 Å².